The van der Waals surface area contributed by atoms with Crippen LogP contribution in [0.5, 0.6) is 0 Å². The Morgan fingerprint density at radius 2 is 1.89 bits per heavy atom. The van der Waals surface area contributed by atoms with Crippen molar-refractivity contribution in [2.75, 3.05) is 31.1 Å². The molecule has 2 fully saturated rings. The van der Waals surface area contributed by atoms with Crippen molar-refractivity contribution in [1.29, 1.82) is 0 Å². The van der Waals surface area contributed by atoms with Gasteiger partial charge in [-0.3, -0.25) is 19.7 Å². The monoisotopic (exact) mass is 367 g/mol. The third-order valence-corrected chi connectivity index (χ3v) is 5.79. The molecule has 0 bridgehead atoms. The van der Waals surface area contributed by atoms with Crippen LogP contribution in [0.2, 0.25) is 0 Å². The van der Waals surface area contributed by atoms with E-state index in [1.54, 1.807) is 6.07 Å². The molecule has 27 heavy (non-hydrogen) atoms. The van der Waals surface area contributed by atoms with Crippen molar-refractivity contribution < 1.29 is 0 Å². The molecule has 2 aromatic heterocycles. The number of H-pyrrole nitrogens is 1. The highest BCUT2D eigenvalue weighted by atomic mass is 16.1. The molecule has 6 heteroatoms. The summed E-state index contributed by atoms with van der Waals surface area (Å²) in [5, 5.41) is 0. The standard InChI is InChI=1S/C21H29N5O/c1-16-5-6-17(14-22-16)15-25-11-7-18(8-12-25)19-13-20(27)24-21(23-19)26-9-3-2-4-10-26/h5-6,13-14,18H,2-4,7-12,15H2,1H3,(H,23,24,27). The highest BCUT2D eigenvalue weighted by molar-refractivity contribution is 5.31. The van der Waals surface area contributed by atoms with Gasteiger partial charge in [0.15, 0.2) is 0 Å². The molecule has 2 aliphatic rings. The summed E-state index contributed by atoms with van der Waals surface area (Å²) in [6.07, 6.45) is 7.71. The van der Waals surface area contributed by atoms with Crippen LogP contribution < -0.4 is 10.5 Å². The van der Waals surface area contributed by atoms with E-state index in [4.69, 9.17) is 4.98 Å². The van der Waals surface area contributed by atoms with Crippen molar-refractivity contribution in [2.24, 2.45) is 0 Å². The van der Waals surface area contributed by atoms with Gasteiger partial charge in [-0.15, -0.1) is 0 Å². The first kappa shape index (κ1) is 18.2. The molecule has 0 atom stereocenters. The van der Waals surface area contributed by atoms with Gasteiger partial charge in [0.25, 0.3) is 5.56 Å². The molecule has 2 aliphatic heterocycles. The summed E-state index contributed by atoms with van der Waals surface area (Å²) in [7, 11) is 0. The maximum atomic E-state index is 12.2. The third-order valence-electron chi connectivity index (χ3n) is 5.79. The van der Waals surface area contributed by atoms with Crippen molar-refractivity contribution in [3.8, 4) is 0 Å². The van der Waals surface area contributed by atoms with Crippen LogP contribution in [0.15, 0.2) is 29.2 Å². The Labute approximate surface area is 160 Å². The van der Waals surface area contributed by atoms with E-state index in [1.165, 1.54) is 24.8 Å². The van der Waals surface area contributed by atoms with E-state index in [2.05, 4.69) is 31.9 Å². The van der Waals surface area contributed by atoms with Crippen LogP contribution in [0.25, 0.3) is 0 Å². The second-order valence-electron chi connectivity index (χ2n) is 7.90. The lowest BCUT2D eigenvalue weighted by atomic mass is 9.93. The van der Waals surface area contributed by atoms with Crippen LogP contribution in [0.3, 0.4) is 0 Å². The molecule has 0 radical (unpaired) electrons. The molecule has 144 valence electrons. The Balaban J connectivity index is 1.39. The molecular formula is C21H29N5O. The van der Waals surface area contributed by atoms with Gasteiger partial charge in [-0.2, -0.15) is 0 Å². The number of rotatable bonds is 4. The number of hydrogen-bond acceptors (Lipinski definition) is 5. The lowest BCUT2D eigenvalue weighted by molar-refractivity contribution is 0.203. The first-order valence-corrected chi connectivity index (χ1v) is 10.2. The molecule has 0 aromatic carbocycles. The number of nitrogens with one attached hydrogen (secondary N) is 1. The average Bonchev–Trinajstić information content (AvgIpc) is 2.70. The number of piperidine rings is 2. The average molecular weight is 367 g/mol. The Kier molecular flexibility index (Phi) is 5.53. The van der Waals surface area contributed by atoms with Crippen LogP contribution >= 0.6 is 0 Å². The van der Waals surface area contributed by atoms with Gasteiger partial charge in [-0.25, -0.2) is 4.98 Å². The van der Waals surface area contributed by atoms with E-state index in [1.807, 2.05) is 13.1 Å². The summed E-state index contributed by atoms with van der Waals surface area (Å²) in [6, 6.07) is 5.94. The lowest BCUT2D eigenvalue weighted by Crippen LogP contribution is -2.35. The van der Waals surface area contributed by atoms with E-state index in [0.717, 1.165) is 62.9 Å². The van der Waals surface area contributed by atoms with Crippen LogP contribution in [0.1, 0.15) is 55.0 Å². The van der Waals surface area contributed by atoms with E-state index in [-0.39, 0.29) is 5.56 Å². The molecule has 4 heterocycles. The number of nitrogens with zero attached hydrogens (tertiary/aromatic N) is 4. The zero-order valence-corrected chi connectivity index (χ0v) is 16.2. The molecule has 0 aliphatic carbocycles. The van der Waals surface area contributed by atoms with Crippen LogP contribution in [0.4, 0.5) is 5.95 Å². The van der Waals surface area contributed by atoms with Crippen LogP contribution in [-0.4, -0.2) is 46.0 Å². The minimum atomic E-state index is -0.0197. The highest BCUT2D eigenvalue weighted by Gasteiger charge is 2.23. The number of aryl methyl sites for hydroxylation is 1. The lowest BCUT2D eigenvalue weighted by Gasteiger charge is -2.32. The number of pyridine rings is 1. The predicted octanol–water partition coefficient (Wildman–Crippen LogP) is 2.84. The Bertz CT molecular complexity index is 802. The topological polar surface area (TPSA) is 65.1 Å². The molecule has 2 saturated heterocycles. The second kappa shape index (κ2) is 8.21. The number of hydrogen-bond donors (Lipinski definition) is 1. The predicted molar refractivity (Wildman–Crippen MR) is 107 cm³/mol. The summed E-state index contributed by atoms with van der Waals surface area (Å²) in [5.41, 5.74) is 3.27. The van der Waals surface area contributed by atoms with Gasteiger partial charge in [0.2, 0.25) is 5.95 Å². The third kappa shape index (κ3) is 4.56. The van der Waals surface area contributed by atoms with Crippen molar-refractivity contribution in [3.63, 3.8) is 0 Å². The van der Waals surface area contributed by atoms with E-state index in [9.17, 15) is 4.79 Å². The summed E-state index contributed by atoms with van der Waals surface area (Å²) >= 11 is 0. The summed E-state index contributed by atoms with van der Waals surface area (Å²) < 4.78 is 0. The molecule has 6 nitrogen and oxygen atoms in total. The molecule has 4 rings (SSSR count). The number of anilines is 1. The van der Waals surface area contributed by atoms with E-state index < -0.39 is 0 Å². The number of aromatic amines is 1. The van der Waals surface area contributed by atoms with Crippen molar-refractivity contribution >= 4 is 5.95 Å². The summed E-state index contributed by atoms with van der Waals surface area (Å²) in [6.45, 7) is 7.02. The summed E-state index contributed by atoms with van der Waals surface area (Å²) in [4.78, 5) is 29.1. The minimum Gasteiger partial charge on any atom is -0.342 e. The first-order valence-electron chi connectivity index (χ1n) is 10.2. The Morgan fingerprint density at radius 3 is 2.59 bits per heavy atom. The van der Waals surface area contributed by atoms with Gasteiger partial charge in [0, 0.05) is 43.5 Å². The van der Waals surface area contributed by atoms with Gasteiger partial charge in [-0.05, 0) is 63.7 Å². The number of likely N-dealkylation sites (tertiary alicyclic amines) is 1. The molecular weight excluding hydrogens is 338 g/mol. The Morgan fingerprint density at radius 1 is 1.11 bits per heavy atom. The fourth-order valence-electron chi connectivity index (χ4n) is 4.16. The largest absolute Gasteiger partial charge is 0.342 e. The summed E-state index contributed by atoms with van der Waals surface area (Å²) in [5.74, 6) is 1.15. The zero-order valence-electron chi connectivity index (χ0n) is 16.2. The van der Waals surface area contributed by atoms with Crippen molar-refractivity contribution in [3.05, 3.63) is 51.7 Å². The molecule has 0 saturated carbocycles. The fraction of sp³-hybridized carbons (Fsp3) is 0.571. The van der Waals surface area contributed by atoms with Gasteiger partial charge in [-0.1, -0.05) is 6.07 Å². The van der Waals surface area contributed by atoms with Crippen LogP contribution in [-0.2, 0) is 6.54 Å². The molecule has 1 N–H and O–H groups in total. The SMILES string of the molecule is Cc1ccc(CN2CCC(c3cc(=O)[nH]c(N4CCCCC4)n3)CC2)cn1. The van der Waals surface area contributed by atoms with E-state index >= 15 is 0 Å². The molecule has 0 unspecified atom stereocenters. The first-order chi connectivity index (χ1) is 13.2. The molecule has 2 aromatic rings. The Hall–Kier alpha value is -2.21. The highest BCUT2D eigenvalue weighted by Crippen LogP contribution is 2.28. The smallest absolute Gasteiger partial charge is 0.252 e. The van der Waals surface area contributed by atoms with Crippen molar-refractivity contribution in [2.45, 2.75) is 51.5 Å². The van der Waals surface area contributed by atoms with Gasteiger partial charge >= 0.3 is 0 Å². The van der Waals surface area contributed by atoms with Crippen LogP contribution in [0, 0.1) is 6.92 Å². The minimum absolute atomic E-state index is 0.0197. The van der Waals surface area contributed by atoms with Gasteiger partial charge in [0.1, 0.15) is 0 Å². The maximum Gasteiger partial charge on any atom is 0.252 e. The number of aromatic nitrogens is 3. The zero-order chi connectivity index (χ0) is 18.6. The van der Waals surface area contributed by atoms with Gasteiger partial charge in [0.05, 0.1) is 5.69 Å². The fourth-order valence-corrected chi connectivity index (χ4v) is 4.16. The second-order valence-corrected chi connectivity index (χ2v) is 7.90. The molecule has 0 spiro atoms. The van der Waals surface area contributed by atoms with Gasteiger partial charge < -0.3 is 4.90 Å². The maximum absolute atomic E-state index is 12.2. The quantitative estimate of drug-likeness (QED) is 0.900. The molecule has 0 amide bonds. The van der Waals surface area contributed by atoms with E-state index in [0.29, 0.717) is 5.92 Å². The normalized spacial score (nSPS) is 19.4. The van der Waals surface area contributed by atoms with Crippen molar-refractivity contribution in [1.82, 2.24) is 19.9 Å².